The Morgan fingerprint density at radius 1 is 1.16 bits per heavy atom. The molecule has 1 aliphatic carbocycles. The zero-order valence-electron chi connectivity index (χ0n) is 23.1. The summed E-state index contributed by atoms with van der Waals surface area (Å²) in [4.78, 5) is 24.1. The molecular weight excluding hydrogens is 629 g/mol. The highest BCUT2D eigenvalue weighted by molar-refractivity contribution is 7.22. The zero-order chi connectivity index (χ0) is 30.7. The molecule has 1 spiro atoms. The van der Waals surface area contributed by atoms with Gasteiger partial charge in [-0.3, -0.25) is 9.78 Å². The lowest BCUT2D eigenvalue weighted by Crippen LogP contribution is -2.44. The summed E-state index contributed by atoms with van der Waals surface area (Å²) in [6.45, 7) is 1.38. The van der Waals surface area contributed by atoms with Crippen molar-refractivity contribution in [1.82, 2.24) is 20.0 Å². The van der Waals surface area contributed by atoms with E-state index in [2.05, 4.69) is 20.0 Å². The van der Waals surface area contributed by atoms with Crippen LogP contribution in [0.2, 0.25) is 10.0 Å². The number of likely N-dealkylation sites (N-methyl/N-ethyl adjacent to an activating group) is 1. The number of allylic oxidation sites excluding steroid dienone is 1. The Morgan fingerprint density at radius 3 is 2.47 bits per heavy atom. The van der Waals surface area contributed by atoms with E-state index in [0.29, 0.717) is 41.3 Å². The van der Waals surface area contributed by atoms with Gasteiger partial charge in [0.25, 0.3) is 0 Å². The van der Waals surface area contributed by atoms with Gasteiger partial charge in [0, 0.05) is 45.1 Å². The summed E-state index contributed by atoms with van der Waals surface area (Å²) in [5.74, 6) is -1.77. The first-order valence-corrected chi connectivity index (χ1v) is 15.0. The number of hydrogen-bond donors (Lipinski definition) is 0. The Kier molecular flexibility index (Phi) is 7.67. The van der Waals surface area contributed by atoms with Crippen LogP contribution in [0.15, 0.2) is 34.6 Å². The lowest BCUT2D eigenvalue weighted by atomic mass is 9.60. The Bertz CT molecular complexity index is 1730. The van der Waals surface area contributed by atoms with Gasteiger partial charge in [-0.25, -0.2) is 9.37 Å². The fourth-order valence-electron chi connectivity index (χ4n) is 5.80. The molecular formula is C29H25Cl2F4N5O2S. The van der Waals surface area contributed by atoms with Crippen molar-refractivity contribution in [1.29, 1.82) is 0 Å². The standard InChI is InChI=1S/C29H25Cl2F4N5O2S/c1-39(2)22(41)10-15-8-20(32)25-21(9-15)43-27(37-25)40-5-3-28(4-6-40)11-16(12-28)7-17-24(38-42-26(17)29(33,34)35)23-18(30)13-36-14-19(23)31/h7-9,13-14H,3-6,10-12H2,1-2H3. The molecule has 226 valence electrons. The van der Waals surface area contributed by atoms with Crippen LogP contribution in [-0.4, -0.2) is 53.1 Å². The van der Waals surface area contributed by atoms with Gasteiger partial charge in [0.2, 0.25) is 11.7 Å². The van der Waals surface area contributed by atoms with Crippen LogP contribution in [0.25, 0.3) is 27.6 Å². The quantitative estimate of drug-likeness (QED) is 0.204. The molecule has 3 aromatic heterocycles. The monoisotopic (exact) mass is 653 g/mol. The molecule has 14 heteroatoms. The molecule has 7 nitrogen and oxygen atoms in total. The largest absolute Gasteiger partial charge is 0.453 e. The van der Waals surface area contributed by atoms with Gasteiger partial charge in [-0.1, -0.05) is 45.3 Å². The highest BCUT2D eigenvalue weighted by atomic mass is 35.5. The number of halogens is 6. The van der Waals surface area contributed by atoms with Crippen molar-refractivity contribution in [3.05, 3.63) is 62.8 Å². The molecule has 1 aliphatic heterocycles. The van der Waals surface area contributed by atoms with E-state index in [9.17, 15) is 22.4 Å². The van der Waals surface area contributed by atoms with E-state index in [1.54, 1.807) is 14.1 Å². The molecule has 2 fully saturated rings. The van der Waals surface area contributed by atoms with Crippen LogP contribution in [0.5, 0.6) is 0 Å². The first-order chi connectivity index (χ1) is 20.3. The number of hydrogen-bond acceptors (Lipinski definition) is 7. The van der Waals surface area contributed by atoms with E-state index in [0.717, 1.165) is 18.4 Å². The van der Waals surface area contributed by atoms with Crippen molar-refractivity contribution in [3.8, 4) is 11.3 Å². The fraction of sp³-hybridized carbons (Fsp3) is 0.379. The minimum atomic E-state index is -4.75. The summed E-state index contributed by atoms with van der Waals surface area (Å²) in [6.07, 6.45) is 2.34. The average Bonchev–Trinajstić information content (AvgIpc) is 3.53. The highest BCUT2D eigenvalue weighted by Crippen LogP contribution is 2.54. The molecule has 1 saturated carbocycles. The number of nitrogens with zero attached hydrogens (tertiary/aromatic N) is 5. The van der Waals surface area contributed by atoms with Gasteiger partial charge in [-0.2, -0.15) is 13.2 Å². The molecule has 4 aromatic rings. The van der Waals surface area contributed by atoms with E-state index in [1.807, 2.05) is 6.07 Å². The van der Waals surface area contributed by atoms with Crippen LogP contribution in [0.4, 0.5) is 22.7 Å². The number of carbonyl (C=O) groups excluding carboxylic acids is 1. The van der Waals surface area contributed by atoms with Gasteiger partial charge >= 0.3 is 6.18 Å². The third-order valence-corrected chi connectivity index (χ3v) is 9.71. The zero-order valence-corrected chi connectivity index (χ0v) is 25.4. The second-order valence-electron chi connectivity index (χ2n) is 11.3. The van der Waals surface area contributed by atoms with Crippen molar-refractivity contribution in [2.24, 2.45) is 5.41 Å². The van der Waals surface area contributed by atoms with Crippen LogP contribution < -0.4 is 4.90 Å². The third kappa shape index (κ3) is 5.72. The summed E-state index contributed by atoms with van der Waals surface area (Å²) >= 11 is 13.8. The first-order valence-electron chi connectivity index (χ1n) is 13.4. The SMILES string of the molecule is CN(C)C(=O)Cc1cc(F)c2nc(N3CCC4(CC3)CC(=Cc3c(-c5c(Cl)cncc5Cl)noc3C(F)(F)F)C4)sc2c1. The number of amides is 1. The molecule has 4 heterocycles. The molecule has 0 unspecified atom stereocenters. The van der Waals surface area contributed by atoms with Crippen molar-refractivity contribution < 1.29 is 26.9 Å². The van der Waals surface area contributed by atoms with Gasteiger partial charge in [0.15, 0.2) is 10.9 Å². The molecule has 0 bridgehead atoms. The molecule has 43 heavy (non-hydrogen) atoms. The summed E-state index contributed by atoms with van der Waals surface area (Å²) in [7, 11) is 3.32. The van der Waals surface area contributed by atoms with E-state index in [4.69, 9.17) is 27.7 Å². The van der Waals surface area contributed by atoms with Crippen LogP contribution in [-0.2, 0) is 17.4 Å². The van der Waals surface area contributed by atoms with Gasteiger partial charge in [-0.15, -0.1) is 0 Å². The van der Waals surface area contributed by atoms with Crippen molar-refractivity contribution in [2.45, 2.75) is 38.3 Å². The third-order valence-electron chi connectivity index (χ3n) is 8.07. The maximum absolute atomic E-state index is 14.8. The van der Waals surface area contributed by atoms with Gasteiger partial charge in [0.1, 0.15) is 11.2 Å². The minimum absolute atomic E-state index is 0.0361. The Balaban J connectivity index is 1.18. The maximum Gasteiger partial charge on any atom is 0.453 e. The second kappa shape index (κ2) is 11.0. The van der Waals surface area contributed by atoms with Crippen molar-refractivity contribution in [2.75, 3.05) is 32.1 Å². The number of aromatic nitrogens is 3. The van der Waals surface area contributed by atoms with Crippen molar-refractivity contribution >= 4 is 61.9 Å². The lowest BCUT2D eigenvalue weighted by molar-refractivity contribution is -0.155. The molecule has 0 radical (unpaired) electrons. The van der Waals surface area contributed by atoms with Crippen LogP contribution in [0, 0.1) is 11.2 Å². The van der Waals surface area contributed by atoms with Gasteiger partial charge < -0.3 is 14.3 Å². The van der Waals surface area contributed by atoms with Gasteiger partial charge in [0.05, 0.1) is 26.7 Å². The number of pyridine rings is 1. The van der Waals surface area contributed by atoms with E-state index >= 15 is 0 Å². The summed E-state index contributed by atoms with van der Waals surface area (Å²) in [6, 6.07) is 3.18. The van der Waals surface area contributed by atoms with E-state index < -0.39 is 17.8 Å². The van der Waals surface area contributed by atoms with Crippen LogP contribution in [0.3, 0.4) is 0 Å². The summed E-state index contributed by atoms with van der Waals surface area (Å²) < 4.78 is 61.7. The fourth-order valence-corrected chi connectivity index (χ4v) is 7.44. The summed E-state index contributed by atoms with van der Waals surface area (Å²) in [5.41, 5.74) is 1.56. The highest BCUT2D eigenvalue weighted by Gasteiger charge is 2.45. The smallest absolute Gasteiger partial charge is 0.350 e. The van der Waals surface area contributed by atoms with E-state index in [-0.39, 0.29) is 50.1 Å². The Hall–Kier alpha value is -3.22. The molecule has 1 saturated heterocycles. The topological polar surface area (TPSA) is 75.4 Å². The Labute approximate surface area is 258 Å². The van der Waals surface area contributed by atoms with Crippen LogP contribution in [0.1, 0.15) is 42.6 Å². The number of piperidine rings is 1. The second-order valence-corrected chi connectivity index (χ2v) is 13.1. The first kappa shape index (κ1) is 29.8. The Morgan fingerprint density at radius 2 is 1.84 bits per heavy atom. The molecule has 1 aromatic carbocycles. The predicted octanol–water partition coefficient (Wildman–Crippen LogP) is 7.91. The van der Waals surface area contributed by atoms with E-state index in [1.165, 1.54) is 40.8 Å². The number of fused-ring (bicyclic) bond motifs is 1. The molecule has 0 N–H and O–H groups in total. The summed E-state index contributed by atoms with van der Waals surface area (Å²) in [5, 5.41) is 4.54. The number of carbonyl (C=O) groups is 1. The van der Waals surface area contributed by atoms with Gasteiger partial charge in [-0.05, 0) is 54.9 Å². The maximum atomic E-state index is 14.8. The number of thiazole rings is 1. The molecule has 1 amide bonds. The van der Waals surface area contributed by atoms with Crippen molar-refractivity contribution in [3.63, 3.8) is 0 Å². The minimum Gasteiger partial charge on any atom is -0.350 e. The molecule has 2 aliphatic rings. The number of anilines is 1. The molecule has 0 atom stereocenters. The number of alkyl halides is 3. The average molecular weight is 655 g/mol. The lowest BCUT2D eigenvalue weighted by Gasteiger charge is -2.49. The normalized spacial score (nSPS) is 16.6. The molecule has 6 rings (SSSR count). The predicted molar refractivity (Wildman–Crippen MR) is 158 cm³/mol. The number of benzene rings is 1. The number of rotatable bonds is 5. The van der Waals surface area contributed by atoms with Crippen LogP contribution >= 0.6 is 34.5 Å².